The van der Waals surface area contributed by atoms with Crippen LogP contribution in [0.5, 0.6) is 5.75 Å². The van der Waals surface area contributed by atoms with E-state index in [4.69, 9.17) is 4.74 Å². The molecule has 3 rings (SSSR count). The molecule has 0 saturated heterocycles. The predicted molar refractivity (Wildman–Crippen MR) is 69.5 cm³/mol. The number of hydrogen-bond donors (Lipinski definition) is 1. The maximum absolute atomic E-state index is 12.7. The van der Waals surface area contributed by atoms with Crippen LogP contribution in [0.15, 0.2) is 42.5 Å². The molecule has 0 aliphatic carbocycles. The first-order valence-corrected chi connectivity index (χ1v) is 6.19. The number of fused-ring (bicyclic) bond motifs is 2. The second-order valence-electron chi connectivity index (χ2n) is 4.62. The topological polar surface area (TPSA) is 21.3 Å². The van der Waals surface area contributed by atoms with Crippen LogP contribution in [-0.4, -0.2) is 0 Å². The number of ether oxygens (including phenoxy) is 1. The highest BCUT2D eigenvalue weighted by Gasteiger charge is 2.31. The van der Waals surface area contributed by atoms with Crippen molar-refractivity contribution in [3.8, 4) is 5.75 Å². The van der Waals surface area contributed by atoms with E-state index >= 15 is 0 Å². The van der Waals surface area contributed by atoms with Crippen LogP contribution in [0.1, 0.15) is 16.7 Å². The molecule has 20 heavy (non-hydrogen) atoms. The van der Waals surface area contributed by atoms with Crippen LogP contribution in [0.4, 0.5) is 18.9 Å². The number of nitrogens with one attached hydrogen (secondary N) is 1. The van der Waals surface area contributed by atoms with Crippen molar-refractivity contribution in [2.75, 3.05) is 5.32 Å². The number of rotatable bonds is 0. The summed E-state index contributed by atoms with van der Waals surface area (Å²) in [4.78, 5) is 0. The Balaban J connectivity index is 1.94. The number of hydrogen-bond acceptors (Lipinski definition) is 2. The van der Waals surface area contributed by atoms with Gasteiger partial charge in [-0.3, -0.25) is 0 Å². The van der Waals surface area contributed by atoms with Crippen LogP contribution < -0.4 is 10.1 Å². The lowest BCUT2D eigenvalue weighted by Crippen LogP contribution is -2.12. The summed E-state index contributed by atoms with van der Waals surface area (Å²) in [5.74, 6) is 0.438. The van der Waals surface area contributed by atoms with E-state index in [1.54, 1.807) is 0 Å². The van der Waals surface area contributed by atoms with Gasteiger partial charge >= 0.3 is 6.18 Å². The average Bonchev–Trinajstić information content (AvgIpc) is 2.40. The Morgan fingerprint density at radius 2 is 1.75 bits per heavy atom. The van der Waals surface area contributed by atoms with Crippen LogP contribution in [0.25, 0.3) is 0 Å². The molecular weight excluding hydrogens is 267 g/mol. The van der Waals surface area contributed by atoms with Crippen LogP contribution in [0.2, 0.25) is 0 Å². The molecule has 1 N–H and O–H groups in total. The number of halogens is 3. The summed E-state index contributed by atoms with van der Waals surface area (Å²) in [6.45, 7) is 0.837. The standard InChI is InChI=1S/C15H12F3NO/c16-15(17,18)12-5-6-14-13(7-12)19-8-10-3-1-2-4-11(10)9-20-14/h1-7,19H,8-9H2. The van der Waals surface area contributed by atoms with Crippen LogP contribution >= 0.6 is 0 Å². The fourth-order valence-corrected chi connectivity index (χ4v) is 2.19. The summed E-state index contributed by atoms with van der Waals surface area (Å²) in [6.07, 6.45) is -4.35. The third-order valence-electron chi connectivity index (χ3n) is 3.28. The van der Waals surface area contributed by atoms with Gasteiger partial charge in [0.25, 0.3) is 0 Å². The summed E-state index contributed by atoms with van der Waals surface area (Å²) >= 11 is 0. The van der Waals surface area contributed by atoms with Gasteiger partial charge in [-0.25, -0.2) is 0 Å². The maximum Gasteiger partial charge on any atom is 0.416 e. The molecule has 2 aromatic rings. The Morgan fingerprint density at radius 3 is 2.50 bits per heavy atom. The van der Waals surface area contributed by atoms with Crippen molar-refractivity contribution in [3.05, 3.63) is 59.2 Å². The van der Waals surface area contributed by atoms with Crippen molar-refractivity contribution >= 4 is 5.69 Å². The zero-order chi connectivity index (χ0) is 14.2. The van der Waals surface area contributed by atoms with Gasteiger partial charge in [-0.2, -0.15) is 13.2 Å². The Morgan fingerprint density at radius 1 is 1.00 bits per heavy atom. The lowest BCUT2D eigenvalue weighted by Gasteiger charge is -2.20. The summed E-state index contributed by atoms with van der Waals surface area (Å²) in [6, 6.07) is 11.2. The molecule has 0 unspecified atom stereocenters. The second kappa shape index (κ2) is 4.74. The summed E-state index contributed by atoms with van der Waals surface area (Å²) in [7, 11) is 0. The van der Waals surface area contributed by atoms with E-state index in [2.05, 4.69) is 5.32 Å². The number of anilines is 1. The molecule has 0 bridgehead atoms. The summed E-state index contributed by atoms with van der Waals surface area (Å²) in [5.41, 5.74) is 1.75. The minimum Gasteiger partial charge on any atom is -0.487 e. The van der Waals surface area contributed by atoms with Crippen molar-refractivity contribution in [1.29, 1.82) is 0 Å². The number of benzene rings is 2. The zero-order valence-electron chi connectivity index (χ0n) is 10.5. The molecule has 104 valence electrons. The summed E-state index contributed by atoms with van der Waals surface area (Å²) in [5, 5.41) is 3.01. The monoisotopic (exact) mass is 279 g/mol. The van der Waals surface area contributed by atoms with E-state index < -0.39 is 11.7 Å². The molecule has 1 aliphatic rings. The highest BCUT2D eigenvalue weighted by Crippen LogP contribution is 2.36. The minimum absolute atomic E-state index is 0.357. The van der Waals surface area contributed by atoms with Crippen LogP contribution in [0.3, 0.4) is 0 Å². The molecule has 5 heteroatoms. The maximum atomic E-state index is 12.7. The second-order valence-corrected chi connectivity index (χ2v) is 4.62. The lowest BCUT2D eigenvalue weighted by molar-refractivity contribution is -0.137. The Hall–Kier alpha value is -2.17. The molecule has 1 heterocycles. The molecular formula is C15H12F3NO. The molecule has 0 saturated carbocycles. The smallest absolute Gasteiger partial charge is 0.416 e. The fourth-order valence-electron chi connectivity index (χ4n) is 2.19. The SMILES string of the molecule is FC(F)(F)c1ccc2c(c1)NCc1ccccc1CO2. The van der Waals surface area contributed by atoms with E-state index in [-0.39, 0.29) is 0 Å². The van der Waals surface area contributed by atoms with Crippen LogP contribution in [-0.2, 0) is 19.3 Å². The highest BCUT2D eigenvalue weighted by atomic mass is 19.4. The minimum atomic E-state index is -4.35. The van der Waals surface area contributed by atoms with E-state index in [1.165, 1.54) is 6.07 Å². The van der Waals surface area contributed by atoms with E-state index in [0.717, 1.165) is 23.3 Å². The van der Waals surface area contributed by atoms with Gasteiger partial charge < -0.3 is 10.1 Å². The van der Waals surface area contributed by atoms with Gasteiger partial charge in [0, 0.05) is 6.54 Å². The van der Waals surface area contributed by atoms with Gasteiger partial charge in [-0.05, 0) is 29.3 Å². The van der Waals surface area contributed by atoms with Crippen molar-refractivity contribution in [1.82, 2.24) is 0 Å². The first-order valence-electron chi connectivity index (χ1n) is 6.19. The van der Waals surface area contributed by atoms with Crippen molar-refractivity contribution < 1.29 is 17.9 Å². The van der Waals surface area contributed by atoms with Crippen molar-refractivity contribution in [2.45, 2.75) is 19.3 Å². The van der Waals surface area contributed by atoms with E-state index in [0.29, 0.717) is 24.6 Å². The zero-order valence-corrected chi connectivity index (χ0v) is 10.5. The third-order valence-corrected chi connectivity index (χ3v) is 3.28. The van der Waals surface area contributed by atoms with Crippen LogP contribution in [0, 0.1) is 0 Å². The quantitative estimate of drug-likeness (QED) is 0.780. The first kappa shape index (κ1) is 12.8. The third kappa shape index (κ3) is 2.43. The van der Waals surface area contributed by atoms with Gasteiger partial charge in [-0.15, -0.1) is 0 Å². The first-order chi connectivity index (χ1) is 9.54. The van der Waals surface area contributed by atoms with E-state index in [9.17, 15) is 13.2 Å². The molecule has 0 radical (unpaired) electrons. The van der Waals surface area contributed by atoms with Gasteiger partial charge in [0.15, 0.2) is 0 Å². The molecule has 0 aromatic heterocycles. The molecule has 0 fully saturated rings. The van der Waals surface area contributed by atoms with E-state index in [1.807, 2.05) is 24.3 Å². The average molecular weight is 279 g/mol. The number of alkyl halides is 3. The van der Waals surface area contributed by atoms with Gasteiger partial charge in [-0.1, -0.05) is 24.3 Å². The lowest BCUT2D eigenvalue weighted by atomic mass is 10.1. The summed E-state index contributed by atoms with van der Waals surface area (Å²) < 4.78 is 43.7. The molecule has 0 atom stereocenters. The Labute approximate surface area is 114 Å². The Kier molecular flexibility index (Phi) is 3.04. The van der Waals surface area contributed by atoms with Gasteiger partial charge in [0.2, 0.25) is 0 Å². The normalized spacial score (nSPS) is 14.2. The van der Waals surface area contributed by atoms with Gasteiger partial charge in [0.1, 0.15) is 12.4 Å². The molecule has 2 aromatic carbocycles. The molecule has 2 nitrogen and oxygen atoms in total. The fraction of sp³-hybridized carbons (Fsp3) is 0.200. The van der Waals surface area contributed by atoms with Crippen molar-refractivity contribution in [3.63, 3.8) is 0 Å². The largest absolute Gasteiger partial charge is 0.487 e. The molecule has 0 spiro atoms. The highest BCUT2D eigenvalue weighted by molar-refractivity contribution is 5.59. The Bertz CT molecular complexity index is 637. The van der Waals surface area contributed by atoms with Crippen molar-refractivity contribution in [2.24, 2.45) is 0 Å². The predicted octanol–water partition coefficient (Wildman–Crippen LogP) is 4.21. The molecule has 0 amide bonds. The van der Waals surface area contributed by atoms with Gasteiger partial charge in [0.05, 0.1) is 11.3 Å². The molecule has 1 aliphatic heterocycles.